The summed E-state index contributed by atoms with van der Waals surface area (Å²) in [6.07, 6.45) is 6.94. The van der Waals surface area contributed by atoms with Crippen LogP contribution >= 0.6 is 0 Å². The van der Waals surface area contributed by atoms with Crippen molar-refractivity contribution in [2.45, 2.75) is 70.6 Å². The standard InChI is InChI=1S/C30H33F2N5O3/c1-18(30(3,31)32)14-37(24-11-12-24)19(2)21-7-5-20(6-8-21)16-40-25-13-23(15-38)35-28(36-25)26-27(22-9-10-22)33-17-34-29(26)39-4/h5-8,13-14,17,22,24,38H,2,9-12,15-16H2,1,3-4H3/b18-14+. The third-order valence-electron chi connectivity index (χ3n) is 7.09. The van der Waals surface area contributed by atoms with Crippen LogP contribution in [0.2, 0.25) is 0 Å². The zero-order valence-corrected chi connectivity index (χ0v) is 22.9. The van der Waals surface area contributed by atoms with Gasteiger partial charge in [-0.1, -0.05) is 30.8 Å². The van der Waals surface area contributed by atoms with Crippen LogP contribution in [0.15, 0.2) is 55.0 Å². The minimum Gasteiger partial charge on any atom is -0.480 e. The number of aliphatic hydroxyl groups is 1. The van der Waals surface area contributed by atoms with Gasteiger partial charge < -0.3 is 19.5 Å². The van der Waals surface area contributed by atoms with Gasteiger partial charge in [-0.2, -0.15) is 4.98 Å². The van der Waals surface area contributed by atoms with Crippen molar-refractivity contribution in [3.05, 3.63) is 77.5 Å². The first-order chi connectivity index (χ1) is 19.2. The van der Waals surface area contributed by atoms with E-state index < -0.39 is 5.92 Å². The molecule has 2 aromatic heterocycles. The molecule has 8 nitrogen and oxygen atoms in total. The minimum atomic E-state index is -2.89. The SMILES string of the molecule is C=C(c1ccc(COc2cc(CO)nc(-c3c(OC)ncnc3C3CC3)n2)cc1)N(/C=C(\C)C(C)(F)F)C1CC1. The van der Waals surface area contributed by atoms with E-state index in [0.717, 1.165) is 49.4 Å². The number of aliphatic hydroxyl groups excluding tert-OH is 1. The molecule has 2 saturated carbocycles. The van der Waals surface area contributed by atoms with Crippen LogP contribution in [0.25, 0.3) is 17.1 Å². The molecule has 0 radical (unpaired) electrons. The fourth-order valence-electron chi connectivity index (χ4n) is 4.33. The van der Waals surface area contributed by atoms with Crippen molar-refractivity contribution in [1.29, 1.82) is 0 Å². The zero-order chi connectivity index (χ0) is 28.4. The second kappa shape index (κ2) is 11.3. The van der Waals surface area contributed by atoms with Gasteiger partial charge in [-0.15, -0.1) is 0 Å². The van der Waals surface area contributed by atoms with Gasteiger partial charge in [0, 0.05) is 42.4 Å². The third-order valence-corrected chi connectivity index (χ3v) is 7.09. The molecule has 1 N–H and O–H groups in total. The van der Waals surface area contributed by atoms with E-state index in [1.165, 1.54) is 26.6 Å². The Morgan fingerprint density at radius 3 is 2.48 bits per heavy atom. The van der Waals surface area contributed by atoms with E-state index in [1.54, 1.807) is 6.07 Å². The van der Waals surface area contributed by atoms with Gasteiger partial charge in [0.05, 0.1) is 25.1 Å². The Kier molecular flexibility index (Phi) is 7.80. The Labute approximate surface area is 232 Å². The van der Waals surface area contributed by atoms with Gasteiger partial charge in [0.25, 0.3) is 5.92 Å². The molecular weight excluding hydrogens is 516 g/mol. The number of aromatic nitrogens is 4. The van der Waals surface area contributed by atoms with E-state index in [-0.39, 0.29) is 24.8 Å². The van der Waals surface area contributed by atoms with Gasteiger partial charge >= 0.3 is 0 Å². The summed E-state index contributed by atoms with van der Waals surface area (Å²) in [6.45, 7) is 6.47. The Hall–Kier alpha value is -3.92. The molecule has 0 bridgehead atoms. The Morgan fingerprint density at radius 1 is 1.15 bits per heavy atom. The van der Waals surface area contributed by atoms with E-state index in [1.807, 2.05) is 29.2 Å². The monoisotopic (exact) mass is 549 g/mol. The summed E-state index contributed by atoms with van der Waals surface area (Å²) < 4.78 is 39.1. The number of alkyl halides is 2. The number of nitrogens with zero attached hydrogens (tertiary/aromatic N) is 5. The second-order valence-electron chi connectivity index (χ2n) is 10.4. The van der Waals surface area contributed by atoms with Crippen LogP contribution in [-0.2, 0) is 13.2 Å². The molecule has 0 aliphatic heterocycles. The molecule has 0 saturated heterocycles. The van der Waals surface area contributed by atoms with Crippen LogP contribution in [0.3, 0.4) is 0 Å². The number of hydrogen-bond acceptors (Lipinski definition) is 8. The predicted molar refractivity (Wildman–Crippen MR) is 147 cm³/mol. The van der Waals surface area contributed by atoms with Crippen LogP contribution < -0.4 is 9.47 Å². The van der Waals surface area contributed by atoms with Crippen LogP contribution in [0.5, 0.6) is 11.8 Å². The van der Waals surface area contributed by atoms with Crippen molar-refractivity contribution in [3.63, 3.8) is 0 Å². The lowest BCUT2D eigenvalue weighted by Crippen LogP contribution is -2.21. The first-order valence-corrected chi connectivity index (χ1v) is 13.3. The number of hydrogen-bond donors (Lipinski definition) is 1. The summed E-state index contributed by atoms with van der Waals surface area (Å²) in [6, 6.07) is 9.41. The highest BCUT2D eigenvalue weighted by atomic mass is 19.3. The second-order valence-corrected chi connectivity index (χ2v) is 10.4. The number of allylic oxidation sites excluding steroid dienone is 1. The van der Waals surface area contributed by atoms with E-state index in [4.69, 9.17) is 9.47 Å². The van der Waals surface area contributed by atoms with Gasteiger partial charge in [0.1, 0.15) is 18.5 Å². The van der Waals surface area contributed by atoms with E-state index in [2.05, 4.69) is 26.5 Å². The Morgan fingerprint density at radius 2 is 1.88 bits per heavy atom. The molecule has 0 amide bonds. The van der Waals surface area contributed by atoms with E-state index in [0.29, 0.717) is 40.5 Å². The number of methoxy groups -OCH3 is 1. The largest absolute Gasteiger partial charge is 0.480 e. The van der Waals surface area contributed by atoms with Crippen molar-refractivity contribution in [2.24, 2.45) is 0 Å². The fourth-order valence-corrected chi connectivity index (χ4v) is 4.33. The minimum absolute atomic E-state index is 0.000904. The Bertz CT molecular complexity index is 1410. The Balaban J connectivity index is 1.33. The van der Waals surface area contributed by atoms with Crippen molar-refractivity contribution >= 4 is 5.70 Å². The lowest BCUT2D eigenvalue weighted by molar-refractivity contribution is 0.0619. The van der Waals surface area contributed by atoms with Gasteiger partial charge in [-0.05, 0) is 43.7 Å². The smallest absolute Gasteiger partial charge is 0.268 e. The molecule has 210 valence electrons. The maximum atomic E-state index is 13.8. The van der Waals surface area contributed by atoms with Crippen LogP contribution in [0, 0.1) is 0 Å². The van der Waals surface area contributed by atoms with Crippen molar-refractivity contribution in [3.8, 4) is 23.1 Å². The van der Waals surface area contributed by atoms with Gasteiger partial charge in [-0.25, -0.2) is 23.7 Å². The average molecular weight is 550 g/mol. The van der Waals surface area contributed by atoms with Gasteiger partial charge in [0.2, 0.25) is 11.8 Å². The molecule has 10 heteroatoms. The molecule has 0 spiro atoms. The summed E-state index contributed by atoms with van der Waals surface area (Å²) in [5.74, 6) is -1.56. The van der Waals surface area contributed by atoms with Crippen molar-refractivity contribution < 1.29 is 23.4 Å². The highest BCUT2D eigenvalue weighted by molar-refractivity contribution is 5.66. The molecule has 0 unspecified atom stereocenters. The molecule has 2 fully saturated rings. The maximum absolute atomic E-state index is 13.8. The average Bonchev–Trinajstić information content (AvgIpc) is 3.87. The van der Waals surface area contributed by atoms with E-state index >= 15 is 0 Å². The maximum Gasteiger partial charge on any atom is 0.268 e. The zero-order valence-electron chi connectivity index (χ0n) is 22.9. The quantitative estimate of drug-likeness (QED) is 0.299. The number of rotatable bonds is 12. The topological polar surface area (TPSA) is 93.5 Å². The van der Waals surface area contributed by atoms with Crippen LogP contribution in [0.4, 0.5) is 8.78 Å². The molecule has 3 aromatic rings. The lowest BCUT2D eigenvalue weighted by Gasteiger charge is -2.25. The summed E-state index contributed by atoms with van der Waals surface area (Å²) >= 11 is 0. The number of ether oxygens (including phenoxy) is 2. The normalized spacial score (nSPS) is 15.6. The predicted octanol–water partition coefficient (Wildman–Crippen LogP) is 5.89. The molecular formula is C30H33F2N5O3. The number of benzene rings is 1. The molecule has 40 heavy (non-hydrogen) atoms. The molecule has 0 atom stereocenters. The van der Waals surface area contributed by atoms with Crippen LogP contribution in [-0.4, -0.2) is 49.0 Å². The van der Waals surface area contributed by atoms with Crippen molar-refractivity contribution in [2.75, 3.05) is 7.11 Å². The van der Waals surface area contributed by atoms with Crippen LogP contribution in [0.1, 0.15) is 68.0 Å². The molecule has 2 heterocycles. The molecule has 1 aromatic carbocycles. The third kappa shape index (κ3) is 6.28. The summed E-state index contributed by atoms with van der Waals surface area (Å²) in [7, 11) is 1.54. The lowest BCUT2D eigenvalue weighted by atomic mass is 10.1. The highest BCUT2D eigenvalue weighted by Gasteiger charge is 2.33. The summed E-state index contributed by atoms with van der Waals surface area (Å²) in [4.78, 5) is 19.6. The van der Waals surface area contributed by atoms with Gasteiger partial charge in [-0.3, -0.25) is 0 Å². The van der Waals surface area contributed by atoms with E-state index in [9.17, 15) is 13.9 Å². The first-order valence-electron chi connectivity index (χ1n) is 13.3. The molecule has 5 rings (SSSR count). The number of halogens is 2. The highest BCUT2D eigenvalue weighted by Crippen LogP contribution is 2.45. The molecule has 2 aliphatic rings. The first kappa shape index (κ1) is 27.6. The summed E-state index contributed by atoms with van der Waals surface area (Å²) in [5.41, 5.74) is 4.25. The van der Waals surface area contributed by atoms with Gasteiger partial charge in [0.15, 0.2) is 5.82 Å². The fraction of sp³-hybridized carbons (Fsp3) is 0.400. The summed E-state index contributed by atoms with van der Waals surface area (Å²) in [5, 5.41) is 9.84. The molecule has 2 aliphatic carbocycles. The van der Waals surface area contributed by atoms with Crippen molar-refractivity contribution in [1.82, 2.24) is 24.8 Å².